The Kier molecular flexibility index (Phi) is 46.6. The molecule has 3 atom stereocenters. The summed E-state index contributed by atoms with van der Waals surface area (Å²) in [6.45, 7) is 6.37. The molecular formula is C54H101NO5. The number of carbonyl (C=O) groups is 2. The molecule has 0 aliphatic rings. The zero-order valence-electron chi connectivity index (χ0n) is 40.1. The van der Waals surface area contributed by atoms with Gasteiger partial charge >= 0.3 is 5.97 Å². The van der Waals surface area contributed by atoms with Crippen molar-refractivity contribution < 1.29 is 24.5 Å². The maximum absolute atomic E-state index is 13.2. The number of hydrogen-bond donors (Lipinski definition) is 3. The first kappa shape index (κ1) is 58.1. The SMILES string of the molecule is CC/C=C/C/C=C/CCCCCCCC(CC(=O)NC(CO)C(O)CCCCCCCCCCCCCCCC)OC(=O)CCCCCCCCC/C=C\CCCCCC. The summed E-state index contributed by atoms with van der Waals surface area (Å²) in [5.74, 6) is -0.485. The van der Waals surface area contributed by atoms with E-state index in [1.807, 2.05) is 0 Å². The summed E-state index contributed by atoms with van der Waals surface area (Å²) < 4.78 is 5.93. The maximum atomic E-state index is 13.2. The lowest BCUT2D eigenvalue weighted by Gasteiger charge is -2.24. The van der Waals surface area contributed by atoms with Gasteiger partial charge in [-0.3, -0.25) is 9.59 Å². The Hall–Kier alpha value is -1.92. The first-order valence-electron chi connectivity index (χ1n) is 26.2. The number of allylic oxidation sites excluding steroid dienone is 6. The lowest BCUT2D eigenvalue weighted by atomic mass is 10.0. The minimum Gasteiger partial charge on any atom is -0.462 e. The number of aliphatic hydroxyl groups is 2. The van der Waals surface area contributed by atoms with Crippen molar-refractivity contribution in [1.29, 1.82) is 0 Å². The van der Waals surface area contributed by atoms with Crippen LogP contribution >= 0.6 is 0 Å². The van der Waals surface area contributed by atoms with Crippen LogP contribution in [0, 0.1) is 0 Å². The number of hydrogen-bond acceptors (Lipinski definition) is 5. The van der Waals surface area contributed by atoms with Gasteiger partial charge in [0.15, 0.2) is 0 Å². The van der Waals surface area contributed by atoms with Gasteiger partial charge in [0, 0.05) is 6.42 Å². The highest BCUT2D eigenvalue weighted by Crippen LogP contribution is 2.18. The zero-order chi connectivity index (χ0) is 43.8. The number of carbonyl (C=O) groups excluding carboxylic acids is 2. The molecule has 0 bridgehead atoms. The second-order valence-electron chi connectivity index (χ2n) is 17.9. The van der Waals surface area contributed by atoms with Crippen molar-refractivity contribution in [3.8, 4) is 0 Å². The average molecular weight is 844 g/mol. The standard InChI is InChI=1S/C54H101NO5/c1-4-7-10-13-16-19-22-25-27-29-32-35-38-41-44-47-54(59)60-50(45-42-39-36-33-30-24-21-18-15-12-9-6-3)48-53(58)55-51(49-56)52(57)46-43-40-37-34-31-28-26-23-20-17-14-11-8-5-2/h9,12,18-19,21-22,50-52,56-57H,4-8,10-11,13-17,20,23-49H2,1-3H3,(H,55,58)/b12-9+,21-18+,22-19-. The van der Waals surface area contributed by atoms with E-state index in [4.69, 9.17) is 4.74 Å². The van der Waals surface area contributed by atoms with Crippen LogP contribution in [0.2, 0.25) is 0 Å². The monoisotopic (exact) mass is 844 g/mol. The van der Waals surface area contributed by atoms with E-state index in [0.717, 1.165) is 70.6 Å². The maximum Gasteiger partial charge on any atom is 0.306 e. The molecule has 1 amide bonds. The molecule has 0 aromatic carbocycles. The van der Waals surface area contributed by atoms with Gasteiger partial charge in [-0.2, -0.15) is 0 Å². The summed E-state index contributed by atoms with van der Waals surface area (Å²) >= 11 is 0. The molecular weight excluding hydrogens is 743 g/mol. The third kappa shape index (κ3) is 42.8. The number of esters is 1. The second kappa shape index (κ2) is 48.1. The smallest absolute Gasteiger partial charge is 0.306 e. The first-order valence-corrected chi connectivity index (χ1v) is 26.2. The molecule has 6 heteroatoms. The van der Waals surface area contributed by atoms with Crippen molar-refractivity contribution in [3.05, 3.63) is 36.5 Å². The molecule has 0 rings (SSSR count). The number of ether oxygens (including phenoxy) is 1. The fourth-order valence-electron chi connectivity index (χ4n) is 7.99. The van der Waals surface area contributed by atoms with E-state index in [2.05, 4.69) is 62.5 Å². The van der Waals surface area contributed by atoms with Crippen LogP contribution in [-0.4, -0.2) is 46.9 Å². The summed E-state index contributed by atoms with van der Waals surface area (Å²) in [6.07, 6.45) is 56.3. The van der Waals surface area contributed by atoms with Crippen LogP contribution in [0.3, 0.4) is 0 Å². The Labute approximate surface area is 373 Å². The number of aliphatic hydroxyl groups excluding tert-OH is 2. The van der Waals surface area contributed by atoms with Gasteiger partial charge in [-0.05, 0) is 77.0 Å². The molecule has 0 aromatic rings. The highest BCUT2D eigenvalue weighted by molar-refractivity contribution is 5.77. The molecule has 0 saturated heterocycles. The van der Waals surface area contributed by atoms with Gasteiger partial charge in [0.2, 0.25) is 5.91 Å². The van der Waals surface area contributed by atoms with Crippen LogP contribution in [-0.2, 0) is 14.3 Å². The Morgan fingerprint density at radius 1 is 0.500 bits per heavy atom. The minimum atomic E-state index is -0.790. The molecule has 0 heterocycles. The lowest BCUT2D eigenvalue weighted by molar-refractivity contribution is -0.151. The van der Waals surface area contributed by atoms with E-state index in [1.165, 1.54) is 154 Å². The molecule has 0 aliphatic heterocycles. The van der Waals surface area contributed by atoms with Crippen LogP contribution in [0.1, 0.15) is 271 Å². The van der Waals surface area contributed by atoms with Gasteiger partial charge in [0.05, 0.1) is 25.2 Å². The molecule has 0 fully saturated rings. The van der Waals surface area contributed by atoms with Crippen molar-refractivity contribution in [2.75, 3.05) is 6.61 Å². The van der Waals surface area contributed by atoms with Gasteiger partial charge < -0.3 is 20.3 Å². The first-order chi connectivity index (χ1) is 29.5. The van der Waals surface area contributed by atoms with Gasteiger partial charge in [0.25, 0.3) is 0 Å². The van der Waals surface area contributed by atoms with Gasteiger partial charge in [-0.15, -0.1) is 0 Å². The summed E-state index contributed by atoms with van der Waals surface area (Å²) in [7, 11) is 0. The third-order valence-electron chi connectivity index (χ3n) is 12.0. The molecule has 0 spiro atoms. The van der Waals surface area contributed by atoms with E-state index in [9.17, 15) is 19.8 Å². The minimum absolute atomic E-state index is 0.0686. The van der Waals surface area contributed by atoms with Crippen molar-refractivity contribution in [3.63, 3.8) is 0 Å². The van der Waals surface area contributed by atoms with E-state index in [-0.39, 0.29) is 24.9 Å². The van der Waals surface area contributed by atoms with Crippen LogP contribution in [0.5, 0.6) is 0 Å². The van der Waals surface area contributed by atoms with Gasteiger partial charge in [-0.25, -0.2) is 0 Å². The normalized spacial score (nSPS) is 13.5. The molecule has 3 unspecified atom stereocenters. The molecule has 0 aromatic heterocycles. The van der Waals surface area contributed by atoms with Gasteiger partial charge in [0.1, 0.15) is 6.10 Å². The second-order valence-corrected chi connectivity index (χ2v) is 17.9. The van der Waals surface area contributed by atoms with Crippen molar-refractivity contribution in [2.24, 2.45) is 0 Å². The van der Waals surface area contributed by atoms with Crippen LogP contribution in [0.4, 0.5) is 0 Å². The fourth-order valence-corrected chi connectivity index (χ4v) is 7.99. The zero-order valence-corrected chi connectivity index (χ0v) is 40.1. The summed E-state index contributed by atoms with van der Waals surface area (Å²) in [5, 5.41) is 23.8. The third-order valence-corrected chi connectivity index (χ3v) is 12.0. The summed E-state index contributed by atoms with van der Waals surface area (Å²) in [6, 6.07) is -0.704. The Balaban J connectivity index is 4.54. The number of nitrogens with one attached hydrogen (secondary N) is 1. The summed E-state index contributed by atoms with van der Waals surface area (Å²) in [4.78, 5) is 26.1. The summed E-state index contributed by atoms with van der Waals surface area (Å²) in [5.41, 5.74) is 0. The Morgan fingerprint density at radius 3 is 1.38 bits per heavy atom. The largest absolute Gasteiger partial charge is 0.462 e. The average Bonchev–Trinajstić information content (AvgIpc) is 3.24. The Morgan fingerprint density at radius 2 is 0.900 bits per heavy atom. The molecule has 0 saturated carbocycles. The molecule has 0 aliphatic carbocycles. The topological polar surface area (TPSA) is 95.9 Å². The predicted molar refractivity (Wildman–Crippen MR) is 259 cm³/mol. The van der Waals surface area contributed by atoms with E-state index in [0.29, 0.717) is 19.3 Å². The lowest BCUT2D eigenvalue weighted by Crippen LogP contribution is -2.46. The van der Waals surface area contributed by atoms with Gasteiger partial charge in [-0.1, -0.05) is 218 Å². The Bertz CT molecular complexity index is 993. The van der Waals surface area contributed by atoms with Crippen LogP contribution in [0.25, 0.3) is 0 Å². The molecule has 60 heavy (non-hydrogen) atoms. The van der Waals surface area contributed by atoms with Crippen molar-refractivity contribution >= 4 is 11.9 Å². The number of rotatable bonds is 47. The number of unbranched alkanes of at least 4 members (excludes halogenated alkanes) is 29. The van der Waals surface area contributed by atoms with E-state index < -0.39 is 18.2 Å². The van der Waals surface area contributed by atoms with E-state index in [1.54, 1.807) is 0 Å². The van der Waals surface area contributed by atoms with Crippen LogP contribution < -0.4 is 5.32 Å². The predicted octanol–water partition coefficient (Wildman–Crippen LogP) is 15.7. The molecule has 3 N–H and O–H groups in total. The highest BCUT2D eigenvalue weighted by atomic mass is 16.5. The molecule has 352 valence electrons. The van der Waals surface area contributed by atoms with Crippen molar-refractivity contribution in [2.45, 2.75) is 289 Å². The van der Waals surface area contributed by atoms with Crippen LogP contribution in [0.15, 0.2) is 36.5 Å². The molecule has 0 radical (unpaired) electrons. The quantitative estimate of drug-likeness (QED) is 0.0322. The fraction of sp³-hybridized carbons (Fsp3) is 0.852. The van der Waals surface area contributed by atoms with E-state index >= 15 is 0 Å². The van der Waals surface area contributed by atoms with Crippen molar-refractivity contribution in [1.82, 2.24) is 5.32 Å². The number of amides is 1. The molecule has 6 nitrogen and oxygen atoms in total. The highest BCUT2D eigenvalue weighted by Gasteiger charge is 2.24.